The Balaban J connectivity index is 1.43. The molecule has 220 valence electrons. The van der Waals surface area contributed by atoms with Crippen molar-refractivity contribution in [3.63, 3.8) is 0 Å². The van der Waals surface area contributed by atoms with E-state index in [0.717, 1.165) is 56.7 Å². The van der Waals surface area contributed by atoms with Gasteiger partial charge in [-0.3, -0.25) is 0 Å². The second-order valence-electron chi connectivity index (χ2n) is 11.0. The van der Waals surface area contributed by atoms with Crippen molar-refractivity contribution in [1.29, 1.82) is 0 Å². The van der Waals surface area contributed by atoms with Gasteiger partial charge in [-0.25, -0.2) is 4.74 Å². The molecule has 1 aliphatic heterocycles. The molecule has 0 fully saturated rings. The van der Waals surface area contributed by atoms with Crippen LogP contribution in [0, 0.1) is 0 Å². The highest BCUT2D eigenvalue weighted by atomic mass is 19.3. The molecular formula is C38H24F4N2O. The van der Waals surface area contributed by atoms with Crippen molar-refractivity contribution in [1.82, 2.24) is 4.57 Å². The lowest BCUT2D eigenvalue weighted by Crippen LogP contribution is -2.17. The first-order chi connectivity index (χ1) is 21.8. The molecular weight excluding hydrogens is 576 g/mol. The summed E-state index contributed by atoms with van der Waals surface area (Å²) in [6, 6.07) is 45.3. The van der Waals surface area contributed by atoms with Crippen molar-refractivity contribution in [2.45, 2.75) is 12.2 Å². The van der Waals surface area contributed by atoms with Gasteiger partial charge in [0, 0.05) is 33.5 Å². The van der Waals surface area contributed by atoms with Crippen LogP contribution >= 0.6 is 0 Å². The molecule has 2 heterocycles. The molecule has 1 aliphatic rings. The highest BCUT2D eigenvalue weighted by Crippen LogP contribution is 2.52. The molecule has 7 aromatic rings. The van der Waals surface area contributed by atoms with Crippen molar-refractivity contribution in [2.24, 2.45) is 0 Å². The van der Waals surface area contributed by atoms with Crippen LogP contribution in [0.3, 0.4) is 0 Å². The maximum atomic E-state index is 14.7. The molecule has 0 atom stereocenters. The van der Waals surface area contributed by atoms with E-state index < -0.39 is 23.3 Å². The summed E-state index contributed by atoms with van der Waals surface area (Å²) in [7, 11) is 0. The van der Waals surface area contributed by atoms with E-state index in [9.17, 15) is 17.6 Å². The zero-order chi connectivity index (χ0) is 30.8. The summed E-state index contributed by atoms with van der Waals surface area (Å²) >= 11 is 0. The molecule has 0 aliphatic carbocycles. The van der Waals surface area contributed by atoms with Gasteiger partial charge in [0.2, 0.25) is 0 Å². The lowest BCUT2D eigenvalue weighted by molar-refractivity contribution is -0.369. The van der Waals surface area contributed by atoms with Crippen LogP contribution in [0.25, 0.3) is 38.6 Å². The van der Waals surface area contributed by atoms with E-state index in [1.54, 1.807) is 0 Å². The Morgan fingerprint density at radius 3 is 1.60 bits per heavy atom. The van der Waals surface area contributed by atoms with Gasteiger partial charge in [0.05, 0.1) is 22.2 Å². The molecule has 0 spiro atoms. The van der Waals surface area contributed by atoms with Crippen LogP contribution in [-0.4, -0.2) is 4.57 Å². The van der Waals surface area contributed by atoms with Crippen molar-refractivity contribution < 1.29 is 22.3 Å². The van der Waals surface area contributed by atoms with Gasteiger partial charge >= 0.3 is 12.2 Å². The Bertz CT molecular complexity index is 2120. The number of alkyl halides is 4. The number of ether oxygens (including phenoxy) is 1. The monoisotopic (exact) mass is 600 g/mol. The molecule has 7 heteroatoms. The summed E-state index contributed by atoms with van der Waals surface area (Å²) in [4.78, 5) is 2.08. The van der Waals surface area contributed by atoms with E-state index in [4.69, 9.17) is 0 Å². The smallest absolute Gasteiger partial charge is 0.310 e. The van der Waals surface area contributed by atoms with Crippen LogP contribution in [0.5, 0.6) is 0 Å². The van der Waals surface area contributed by atoms with E-state index in [1.165, 1.54) is 6.07 Å². The first-order valence-electron chi connectivity index (χ1n) is 14.5. The van der Waals surface area contributed by atoms with Crippen molar-refractivity contribution >= 4 is 38.9 Å². The van der Waals surface area contributed by atoms with Gasteiger partial charge in [-0.1, -0.05) is 78.9 Å². The normalized spacial score (nSPS) is 14.9. The fourth-order valence-electron chi connectivity index (χ4n) is 6.31. The van der Waals surface area contributed by atoms with Gasteiger partial charge in [-0.15, -0.1) is 0 Å². The number of hydrogen-bond acceptors (Lipinski definition) is 2. The van der Waals surface area contributed by atoms with Crippen LogP contribution in [0.2, 0.25) is 0 Å². The number of aromatic nitrogens is 1. The van der Waals surface area contributed by atoms with E-state index in [0.29, 0.717) is 11.1 Å². The molecule has 45 heavy (non-hydrogen) atoms. The summed E-state index contributed by atoms with van der Waals surface area (Å²) in [6.45, 7) is 0. The lowest BCUT2D eigenvalue weighted by atomic mass is 9.98. The van der Waals surface area contributed by atoms with Crippen LogP contribution in [0.4, 0.5) is 34.6 Å². The Kier molecular flexibility index (Phi) is 6.08. The molecule has 8 rings (SSSR count). The van der Waals surface area contributed by atoms with Crippen molar-refractivity contribution in [3.8, 4) is 16.8 Å². The van der Waals surface area contributed by atoms with Crippen LogP contribution < -0.4 is 4.90 Å². The topological polar surface area (TPSA) is 17.4 Å². The molecule has 0 saturated heterocycles. The highest BCUT2D eigenvalue weighted by Gasteiger charge is 2.57. The number of fused-ring (bicyclic) bond motifs is 4. The van der Waals surface area contributed by atoms with Crippen LogP contribution in [-0.2, 0) is 17.0 Å². The first-order valence-corrected chi connectivity index (χ1v) is 14.5. The fourth-order valence-corrected chi connectivity index (χ4v) is 6.31. The molecule has 0 amide bonds. The number of hydrogen-bond donors (Lipinski definition) is 0. The number of benzene rings is 6. The van der Waals surface area contributed by atoms with Crippen molar-refractivity contribution in [2.75, 3.05) is 4.90 Å². The Hall–Kier alpha value is -5.40. The van der Waals surface area contributed by atoms with E-state index in [1.807, 2.05) is 109 Å². The minimum absolute atomic E-state index is 0.361. The summed E-state index contributed by atoms with van der Waals surface area (Å²) in [5.41, 5.74) is 4.55. The zero-order valence-corrected chi connectivity index (χ0v) is 23.7. The predicted octanol–water partition coefficient (Wildman–Crippen LogP) is 11.0. The SMILES string of the molecule is FC1(F)OC(F)(F)c2cc(-c3cc(N(c4ccccc4)c4ccccc4)cc(-n4c5ccccc5c5ccccc54)c3)ccc21. The average molecular weight is 601 g/mol. The van der Waals surface area contributed by atoms with Gasteiger partial charge in [0.25, 0.3) is 0 Å². The molecule has 0 radical (unpaired) electrons. The predicted molar refractivity (Wildman–Crippen MR) is 170 cm³/mol. The second-order valence-corrected chi connectivity index (χ2v) is 11.0. The standard InChI is InChI=1S/C38H24F4N2O/c39-37(40)33-20-19-25(23-34(33)38(41,42)45-37)26-21-29(43(27-11-3-1-4-12-27)28-13-5-2-6-14-28)24-30(22-26)44-35-17-9-7-15-31(35)32-16-8-10-18-36(32)44/h1-24H. The zero-order valence-electron chi connectivity index (χ0n) is 23.7. The number of para-hydroxylation sites is 4. The number of rotatable bonds is 5. The third-order valence-corrected chi connectivity index (χ3v) is 8.26. The molecule has 0 N–H and O–H groups in total. The molecule has 0 unspecified atom stereocenters. The van der Waals surface area contributed by atoms with E-state index in [-0.39, 0.29) is 0 Å². The summed E-state index contributed by atoms with van der Waals surface area (Å²) in [5, 5.41) is 2.14. The molecule has 0 saturated carbocycles. The van der Waals surface area contributed by atoms with Gasteiger partial charge < -0.3 is 9.47 Å². The minimum atomic E-state index is -4.12. The molecule has 6 aromatic carbocycles. The quantitative estimate of drug-likeness (QED) is 0.183. The van der Waals surface area contributed by atoms with Gasteiger partial charge in [-0.05, 0) is 77.9 Å². The Labute approximate surface area is 256 Å². The van der Waals surface area contributed by atoms with Gasteiger partial charge in [-0.2, -0.15) is 17.6 Å². The summed E-state index contributed by atoms with van der Waals surface area (Å²) in [6.07, 6.45) is -8.20. The number of anilines is 3. The fraction of sp³-hybridized carbons (Fsp3) is 0.0526. The lowest BCUT2D eigenvalue weighted by Gasteiger charge is -2.27. The Morgan fingerprint density at radius 1 is 0.467 bits per heavy atom. The third kappa shape index (κ3) is 4.47. The third-order valence-electron chi connectivity index (χ3n) is 8.26. The molecule has 0 bridgehead atoms. The number of nitrogens with zero attached hydrogens (tertiary/aromatic N) is 2. The maximum Gasteiger partial charge on any atom is 0.388 e. The van der Waals surface area contributed by atoms with Crippen molar-refractivity contribution in [3.05, 3.63) is 157 Å². The molecule has 1 aromatic heterocycles. The van der Waals surface area contributed by atoms with E-state index >= 15 is 0 Å². The van der Waals surface area contributed by atoms with Gasteiger partial charge in [0.15, 0.2) is 0 Å². The second kappa shape index (κ2) is 10.1. The van der Waals surface area contributed by atoms with E-state index in [2.05, 4.69) is 32.4 Å². The average Bonchev–Trinajstić information content (AvgIpc) is 3.49. The Morgan fingerprint density at radius 2 is 1.00 bits per heavy atom. The first kappa shape index (κ1) is 27.2. The molecule has 3 nitrogen and oxygen atoms in total. The minimum Gasteiger partial charge on any atom is -0.310 e. The maximum absolute atomic E-state index is 14.7. The van der Waals surface area contributed by atoms with Gasteiger partial charge in [0.1, 0.15) is 0 Å². The largest absolute Gasteiger partial charge is 0.388 e. The number of halogens is 4. The van der Waals surface area contributed by atoms with Crippen LogP contribution in [0.15, 0.2) is 146 Å². The summed E-state index contributed by atoms with van der Waals surface area (Å²) in [5.74, 6) is 0. The summed E-state index contributed by atoms with van der Waals surface area (Å²) < 4.78 is 64.1. The van der Waals surface area contributed by atoms with Crippen LogP contribution in [0.1, 0.15) is 11.1 Å². The highest BCUT2D eigenvalue weighted by molar-refractivity contribution is 6.09.